The lowest BCUT2D eigenvalue weighted by Crippen LogP contribution is -2.36. The molecular weight excluding hydrogens is 416 g/mol. The van der Waals surface area contributed by atoms with E-state index in [2.05, 4.69) is 28.3 Å². The molecule has 3 aromatic rings. The van der Waals surface area contributed by atoms with Crippen LogP contribution in [0.3, 0.4) is 0 Å². The van der Waals surface area contributed by atoms with Gasteiger partial charge in [0.15, 0.2) is 0 Å². The number of carbonyl (C=O) groups excluding carboxylic acids is 1. The Morgan fingerprint density at radius 1 is 1.07 bits per heavy atom. The van der Waals surface area contributed by atoms with Gasteiger partial charge in [-0.1, -0.05) is 42.5 Å². The van der Waals surface area contributed by atoms with Crippen molar-refractivity contribution in [2.24, 2.45) is 0 Å². The van der Waals surface area contributed by atoms with E-state index in [-0.39, 0.29) is 11.9 Å². The van der Waals surface area contributed by atoms with Crippen molar-refractivity contribution in [2.45, 2.75) is 31.7 Å². The number of likely N-dealkylation sites (tertiary alicyclic amines) is 1. The Kier molecular flexibility index (Phi) is 6.22. The Labute approximate surface area is 181 Å². The van der Waals surface area contributed by atoms with Crippen LogP contribution in [0, 0.1) is 0 Å². The zero-order valence-corrected chi connectivity index (χ0v) is 18.6. The van der Waals surface area contributed by atoms with Crippen molar-refractivity contribution >= 4 is 37.4 Å². The van der Waals surface area contributed by atoms with E-state index in [0.717, 1.165) is 24.0 Å². The molecule has 0 aliphatic carbocycles. The van der Waals surface area contributed by atoms with Crippen LogP contribution >= 0.6 is 11.3 Å². The van der Waals surface area contributed by atoms with E-state index < -0.39 is 10.0 Å². The van der Waals surface area contributed by atoms with Gasteiger partial charge in [-0.3, -0.25) is 4.79 Å². The summed E-state index contributed by atoms with van der Waals surface area (Å²) in [7, 11) is -3.23. The van der Waals surface area contributed by atoms with E-state index in [0.29, 0.717) is 25.9 Å². The summed E-state index contributed by atoms with van der Waals surface area (Å²) < 4.78 is 27.0. The maximum Gasteiger partial charge on any atom is 0.227 e. The van der Waals surface area contributed by atoms with Crippen LogP contribution in [0.15, 0.2) is 53.9 Å². The van der Waals surface area contributed by atoms with Gasteiger partial charge >= 0.3 is 0 Å². The van der Waals surface area contributed by atoms with E-state index in [1.54, 1.807) is 11.3 Å². The van der Waals surface area contributed by atoms with Crippen LogP contribution in [0.2, 0.25) is 0 Å². The number of hydrogen-bond acceptors (Lipinski definition) is 4. The monoisotopic (exact) mass is 442 g/mol. The fourth-order valence-corrected chi connectivity index (χ4v) is 5.97. The molecule has 0 radical (unpaired) electrons. The zero-order chi connectivity index (χ0) is 21.1. The van der Waals surface area contributed by atoms with Crippen LogP contribution in [0.4, 0.5) is 0 Å². The van der Waals surface area contributed by atoms with Gasteiger partial charge in [-0.05, 0) is 41.8 Å². The molecule has 7 heteroatoms. The van der Waals surface area contributed by atoms with Gasteiger partial charge in [-0.15, -0.1) is 11.3 Å². The molecule has 1 aromatic heterocycles. The largest absolute Gasteiger partial charge is 0.342 e. The number of fused-ring (bicyclic) bond motifs is 1. The molecule has 1 amide bonds. The molecule has 1 N–H and O–H groups in total. The van der Waals surface area contributed by atoms with Gasteiger partial charge in [0.05, 0.1) is 12.7 Å². The first-order chi connectivity index (χ1) is 14.4. The number of benzene rings is 2. The summed E-state index contributed by atoms with van der Waals surface area (Å²) in [5.74, 6) is 0.0991. The van der Waals surface area contributed by atoms with Crippen LogP contribution in [0.25, 0.3) is 21.2 Å². The van der Waals surface area contributed by atoms with Gasteiger partial charge in [0, 0.05) is 34.8 Å². The lowest BCUT2D eigenvalue weighted by molar-refractivity contribution is -0.130. The molecule has 0 spiro atoms. The van der Waals surface area contributed by atoms with Crippen molar-refractivity contribution < 1.29 is 13.2 Å². The maximum atomic E-state index is 13.1. The molecule has 158 valence electrons. The van der Waals surface area contributed by atoms with Crippen molar-refractivity contribution in [3.8, 4) is 11.1 Å². The second kappa shape index (κ2) is 8.88. The highest BCUT2D eigenvalue weighted by Crippen LogP contribution is 2.35. The van der Waals surface area contributed by atoms with Crippen LogP contribution in [0.1, 0.15) is 24.8 Å². The lowest BCUT2D eigenvalue weighted by Gasteiger charge is -2.21. The van der Waals surface area contributed by atoms with E-state index in [4.69, 9.17) is 0 Å². The topological polar surface area (TPSA) is 66.5 Å². The second-order valence-electron chi connectivity index (χ2n) is 7.88. The van der Waals surface area contributed by atoms with E-state index in [1.807, 2.05) is 35.2 Å². The summed E-state index contributed by atoms with van der Waals surface area (Å²) in [6, 6.07) is 16.4. The van der Waals surface area contributed by atoms with E-state index in [9.17, 15) is 13.2 Å². The van der Waals surface area contributed by atoms with Gasteiger partial charge in [0.1, 0.15) is 0 Å². The SMILES string of the molecule is CS(=O)(=O)NC1CCCN(C(=O)Cc2ccccc2-c2csc3ccccc23)CC1. The minimum atomic E-state index is -3.23. The van der Waals surface area contributed by atoms with Gasteiger partial charge < -0.3 is 4.90 Å². The van der Waals surface area contributed by atoms with Crippen LogP contribution in [-0.4, -0.2) is 44.6 Å². The molecule has 0 bridgehead atoms. The number of nitrogens with zero attached hydrogens (tertiary/aromatic N) is 1. The summed E-state index contributed by atoms with van der Waals surface area (Å²) in [6.07, 6.45) is 3.75. The van der Waals surface area contributed by atoms with E-state index in [1.165, 1.54) is 21.9 Å². The van der Waals surface area contributed by atoms with Crippen molar-refractivity contribution in [2.75, 3.05) is 19.3 Å². The smallest absolute Gasteiger partial charge is 0.227 e. The maximum absolute atomic E-state index is 13.1. The molecular formula is C23H26N2O3S2. The summed E-state index contributed by atoms with van der Waals surface area (Å²) in [5.41, 5.74) is 3.31. The predicted octanol–water partition coefficient (Wildman–Crippen LogP) is 4.04. The van der Waals surface area contributed by atoms with E-state index >= 15 is 0 Å². The first-order valence-electron chi connectivity index (χ1n) is 10.2. The molecule has 4 rings (SSSR count). The van der Waals surface area contributed by atoms with Gasteiger partial charge in [0.2, 0.25) is 15.9 Å². The normalized spacial score (nSPS) is 17.8. The van der Waals surface area contributed by atoms with Crippen molar-refractivity contribution in [1.82, 2.24) is 9.62 Å². The van der Waals surface area contributed by atoms with Gasteiger partial charge in [-0.2, -0.15) is 0 Å². The predicted molar refractivity (Wildman–Crippen MR) is 123 cm³/mol. The summed E-state index contributed by atoms with van der Waals surface area (Å²) in [6.45, 7) is 1.25. The fraction of sp³-hybridized carbons (Fsp3) is 0.348. The van der Waals surface area contributed by atoms with Crippen molar-refractivity contribution in [3.05, 3.63) is 59.5 Å². The minimum absolute atomic E-state index is 0.0951. The Bertz CT molecular complexity index is 1150. The Balaban J connectivity index is 1.51. The first kappa shape index (κ1) is 21.0. The van der Waals surface area contributed by atoms with Crippen LogP contribution in [0.5, 0.6) is 0 Å². The van der Waals surface area contributed by atoms with Gasteiger partial charge in [-0.25, -0.2) is 13.1 Å². The highest BCUT2D eigenvalue weighted by molar-refractivity contribution is 7.88. The number of thiophene rings is 1. The van der Waals surface area contributed by atoms with Crippen LogP contribution in [-0.2, 0) is 21.2 Å². The van der Waals surface area contributed by atoms with Crippen LogP contribution < -0.4 is 4.72 Å². The highest BCUT2D eigenvalue weighted by Gasteiger charge is 2.23. The lowest BCUT2D eigenvalue weighted by atomic mass is 9.97. The number of nitrogens with one attached hydrogen (secondary N) is 1. The minimum Gasteiger partial charge on any atom is -0.342 e. The molecule has 1 saturated heterocycles. The third-order valence-electron chi connectivity index (χ3n) is 5.59. The summed E-state index contributed by atoms with van der Waals surface area (Å²) in [5, 5.41) is 3.38. The van der Waals surface area contributed by atoms with Crippen molar-refractivity contribution in [1.29, 1.82) is 0 Å². The van der Waals surface area contributed by atoms with Crippen molar-refractivity contribution in [3.63, 3.8) is 0 Å². The highest BCUT2D eigenvalue weighted by atomic mass is 32.2. The Hall–Kier alpha value is -2.22. The molecule has 5 nitrogen and oxygen atoms in total. The number of rotatable bonds is 5. The molecule has 2 aromatic carbocycles. The Morgan fingerprint density at radius 2 is 1.83 bits per heavy atom. The number of amides is 1. The third kappa shape index (κ3) is 4.91. The van der Waals surface area contributed by atoms with Gasteiger partial charge in [0.25, 0.3) is 0 Å². The second-order valence-corrected chi connectivity index (χ2v) is 10.6. The molecule has 30 heavy (non-hydrogen) atoms. The average molecular weight is 443 g/mol. The number of sulfonamides is 1. The first-order valence-corrected chi connectivity index (χ1v) is 13.0. The third-order valence-corrected chi connectivity index (χ3v) is 7.32. The molecule has 2 heterocycles. The Morgan fingerprint density at radius 3 is 2.67 bits per heavy atom. The molecule has 1 unspecified atom stereocenters. The number of carbonyl (C=O) groups is 1. The molecule has 1 aliphatic heterocycles. The zero-order valence-electron chi connectivity index (χ0n) is 17.0. The standard InChI is InChI=1S/C23H26N2O3S2/c1-30(27,28)24-18-8-6-13-25(14-12-18)23(26)15-17-7-2-3-9-19(17)21-16-29-22-11-5-4-10-20(21)22/h2-5,7,9-11,16,18,24H,6,8,12-15H2,1H3. The molecule has 1 fully saturated rings. The fourth-order valence-electron chi connectivity index (χ4n) is 4.16. The molecule has 0 saturated carbocycles. The summed E-state index contributed by atoms with van der Waals surface area (Å²) >= 11 is 1.72. The quantitative estimate of drug-likeness (QED) is 0.648. The molecule has 1 atom stereocenters. The number of hydrogen-bond donors (Lipinski definition) is 1. The molecule has 1 aliphatic rings. The summed E-state index contributed by atoms with van der Waals surface area (Å²) in [4.78, 5) is 15.0. The average Bonchev–Trinajstić information content (AvgIpc) is 3.00.